The standard InChI is InChI=1S/C14H12N2S/c1-9-16-13-8-11(4-7-14(13)17-9)10-2-5-12(15)6-3-10/h2-8H,15H2,1H3. The third kappa shape index (κ3) is 1.89. The Labute approximate surface area is 104 Å². The van der Waals surface area contributed by atoms with Gasteiger partial charge in [-0.15, -0.1) is 11.3 Å². The number of nitrogen functional groups attached to an aromatic ring is 1. The molecule has 2 nitrogen and oxygen atoms in total. The topological polar surface area (TPSA) is 38.9 Å². The molecule has 0 aliphatic rings. The molecule has 0 amide bonds. The zero-order chi connectivity index (χ0) is 11.8. The zero-order valence-corrected chi connectivity index (χ0v) is 10.3. The summed E-state index contributed by atoms with van der Waals surface area (Å²) in [5.41, 5.74) is 9.91. The molecule has 0 unspecified atom stereocenters. The SMILES string of the molecule is Cc1nc2cc(-c3ccc(N)cc3)ccc2s1. The van der Waals surface area contributed by atoms with E-state index in [1.165, 1.54) is 15.8 Å². The average Bonchev–Trinajstić information content (AvgIpc) is 2.69. The van der Waals surface area contributed by atoms with Gasteiger partial charge in [-0.3, -0.25) is 0 Å². The lowest BCUT2D eigenvalue weighted by Crippen LogP contribution is -1.83. The van der Waals surface area contributed by atoms with E-state index in [9.17, 15) is 0 Å². The first kappa shape index (κ1) is 10.3. The molecular weight excluding hydrogens is 228 g/mol. The normalized spacial score (nSPS) is 10.9. The van der Waals surface area contributed by atoms with E-state index in [1.807, 2.05) is 31.2 Å². The summed E-state index contributed by atoms with van der Waals surface area (Å²) in [5.74, 6) is 0. The minimum absolute atomic E-state index is 0.791. The van der Waals surface area contributed by atoms with Crippen LogP contribution < -0.4 is 5.73 Å². The van der Waals surface area contributed by atoms with E-state index in [4.69, 9.17) is 5.73 Å². The fourth-order valence-electron chi connectivity index (χ4n) is 1.90. The Hall–Kier alpha value is -1.87. The molecular formula is C14H12N2S. The summed E-state index contributed by atoms with van der Waals surface area (Å²) in [6.07, 6.45) is 0. The minimum atomic E-state index is 0.791. The van der Waals surface area contributed by atoms with E-state index in [-0.39, 0.29) is 0 Å². The van der Waals surface area contributed by atoms with Gasteiger partial charge in [-0.05, 0) is 42.3 Å². The van der Waals surface area contributed by atoms with E-state index < -0.39 is 0 Å². The maximum absolute atomic E-state index is 5.69. The second-order valence-corrected chi connectivity index (χ2v) is 5.27. The zero-order valence-electron chi connectivity index (χ0n) is 9.47. The largest absolute Gasteiger partial charge is 0.399 e. The first-order chi connectivity index (χ1) is 8.22. The molecule has 84 valence electrons. The predicted octanol–water partition coefficient (Wildman–Crippen LogP) is 3.85. The molecule has 17 heavy (non-hydrogen) atoms. The van der Waals surface area contributed by atoms with Gasteiger partial charge in [0.25, 0.3) is 0 Å². The van der Waals surface area contributed by atoms with Crippen molar-refractivity contribution >= 4 is 27.2 Å². The first-order valence-corrected chi connectivity index (χ1v) is 6.27. The molecule has 0 bridgehead atoms. The Bertz CT molecular complexity index is 668. The maximum atomic E-state index is 5.69. The van der Waals surface area contributed by atoms with Gasteiger partial charge in [0.1, 0.15) is 0 Å². The first-order valence-electron chi connectivity index (χ1n) is 5.45. The van der Waals surface area contributed by atoms with E-state index in [0.717, 1.165) is 16.2 Å². The van der Waals surface area contributed by atoms with Crippen LogP contribution in [-0.4, -0.2) is 4.98 Å². The molecule has 3 aromatic rings. The van der Waals surface area contributed by atoms with E-state index >= 15 is 0 Å². The summed E-state index contributed by atoms with van der Waals surface area (Å²) in [7, 11) is 0. The number of aromatic nitrogens is 1. The number of anilines is 1. The van der Waals surface area contributed by atoms with Crippen molar-refractivity contribution in [1.82, 2.24) is 4.98 Å². The summed E-state index contributed by atoms with van der Waals surface area (Å²) < 4.78 is 1.24. The van der Waals surface area contributed by atoms with Gasteiger partial charge in [-0.25, -0.2) is 4.98 Å². The van der Waals surface area contributed by atoms with Crippen LogP contribution in [-0.2, 0) is 0 Å². The van der Waals surface area contributed by atoms with Gasteiger partial charge in [0.05, 0.1) is 15.2 Å². The summed E-state index contributed by atoms with van der Waals surface area (Å²) in [4.78, 5) is 4.51. The van der Waals surface area contributed by atoms with Crippen LogP contribution in [0.1, 0.15) is 5.01 Å². The van der Waals surface area contributed by atoms with Crippen molar-refractivity contribution in [1.29, 1.82) is 0 Å². The van der Waals surface area contributed by atoms with Crippen LogP contribution >= 0.6 is 11.3 Å². The van der Waals surface area contributed by atoms with Crippen LogP contribution in [0.25, 0.3) is 21.3 Å². The average molecular weight is 240 g/mol. The predicted molar refractivity (Wildman–Crippen MR) is 74.2 cm³/mol. The Kier molecular flexibility index (Phi) is 2.34. The molecule has 0 radical (unpaired) electrons. The van der Waals surface area contributed by atoms with Crippen molar-refractivity contribution in [2.45, 2.75) is 6.92 Å². The summed E-state index contributed by atoms with van der Waals surface area (Å²) in [5, 5.41) is 1.11. The Morgan fingerprint density at radius 1 is 1.00 bits per heavy atom. The number of hydrogen-bond acceptors (Lipinski definition) is 3. The van der Waals surface area contributed by atoms with E-state index in [2.05, 4.69) is 23.2 Å². The number of nitrogens with zero attached hydrogens (tertiary/aromatic N) is 1. The van der Waals surface area contributed by atoms with Gasteiger partial charge in [-0.1, -0.05) is 18.2 Å². The molecule has 0 saturated carbocycles. The third-order valence-corrected chi connectivity index (χ3v) is 3.69. The quantitative estimate of drug-likeness (QED) is 0.656. The molecule has 0 fully saturated rings. The second kappa shape index (κ2) is 3.86. The highest BCUT2D eigenvalue weighted by molar-refractivity contribution is 7.18. The molecule has 0 spiro atoms. The van der Waals surface area contributed by atoms with E-state index in [0.29, 0.717) is 0 Å². The molecule has 2 aromatic carbocycles. The van der Waals surface area contributed by atoms with Crippen molar-refractivity contribution in [2.75, 3.05) is 5.73 Å². The number of fused-ring (bicyclic) bond motifs is 1. The minimum Gasteiger partial charge on any atom is -0.399 e. The number of thiazole rings is 1. The summed E-state index contributed by atoms with van der Waals surface area (Å²) in [6, 6.07) is 14.3. The Balaban J connectivity index is 2.13. The number of benzene rings is 2. The smallest absolute Gasteiger partial charge is 0.0907 e. The fraction of sp³-hybridized carbons (Fsp3) is 0.0714. The Morgan fingerprint density at radius 3 is 2.47 bits per heavy atom. The molecule has 0 atom stereocenters. The third-order valence-electron chi connectivity index (χ3n) is 2.74. The molecule has 1 aromatic heterocycles. The van der Waals surface area contributed by atoms with Gasteiger partial charge in [-0.2, -0.15) is 0 Å². The van der Waals surface area contributed by atoms with Crippen LogP contribution in [0.2, 0.25) is 0 Å². The molecule has 2 N–H and O–H groups in total. The lowest BCUT2D eigenvalue weighted by atomic mass is 10.1. The fourth-order valence-corrected chi connectivity index (χ4v) is 2.71. The van der Waals surface area contributed by atoms with Crippen molar-refractivity contribution in [3.63, 3.8) is 0 Å². The maximum Gasteiger partial charge on any atom is 0.0907 e. The van der Waals surface area contributed by atoms with Gasteiger partial charge in [0.15, 0.2) is 0 Å². The molecule has 3 heteroatoms. The molecule has 3 rings (SSSR count). The monoisotopic (exact) mass is 240 g/mol. The highest BCUT2D eigenvalue weighted by Crippen LogP contribution is 2.27. The lowest BCUT2D eigenvalue weighted by molar-refractivity contribution is 1.35. The molecule has 0 saturated heterocycles. The van der Waals surface area contributed by atoms with Crippen molar-refractivity contribution in [3.05, 3.63) is 47.5 Å². The number of rotatable bonds is 1. The van der Waals surface area contributed by atoms with Crippen molar-refractivity contribution in [2.24, 2.45) is 0 Å². The van der Waals surface area contributed by atoms with Crippen LogP contribution in [0.3, 0.4) is 0 Å². The summed E-state index contributed by atoms with van der Waals surface area (Å²) in [6.45, 7) is 2.04. The van der Waals surface area contributed by atoms with Crippen LogP contribution in [0.5, 0.6) is 0 Å². The van der Waals surface area contributed by atoms with Gasteiger partial charge >= 0.3 is 0 Å². The van der Waals surface area contributed by atoms with E-state index in [1.54, 1.807) is 11.3 Å². The lowest BCUT2D eigenvalue weighted by Gasteiger charge is -2.01. The van der Waals surface area contributed by atoms with Crippen LogP contribution in [0.4, 0.5) is 5.69 Å². The summed E-state index contributed by atoms with van der Waals surface area (Å²) >= 11 is 1.73. The number of nitrogens with two attached hydrogens (primary N) is 1. The second-order valence-electron chi connectivity index (χ2n) is 4.04. The van der Waals surface area contributed by atoms with Crippen LogP contribution in [0.15, 0.2) is 42.5 Å². The van der Waals surface area contributed by atoms with Gasteiger partial charge in [0.2, 0.25) is 0 Å². The Morgan fingerprint density at radius 2 is 1.71 bits per heavy atom. The number of hydrogen-bond donors (Lipinski definition) is 1. The molecule has 0 aliphatic carbocycles. The molecule has 1 heterocycles. The highest BCUT2D eigenvalue weighted by Gasteiger charge is 2.03. The van der Waals surface area contributed by atoms with Crippen molar-refractivity contribution < 1.29 is 0 Å². The molecule has 0 aliphatic heterocycles. The van der Waals surface area contributed by atoms with Gasteiger partial charge < -0.3 is 5.73 Å². The number of aryl methyl sites for hydroxylation is 1. The van der Waals surface area contributed by atoms with Crippen LogP contribution in [0, 0.1) is 6.92 Å². The van der Waals surface area contributed by atoms with Gasteiger partial charge in [0, 0.05) is 5.69 Å². The van der Waals surface area contributed by atoms with Crippen molar-refractivity contribution in [3.8, 4) is 11.1 Å². The highest BCUT2D eigenvalue weighted by atomic mass is 32.1.